The van der Waals surface area contributed by atoms with Crippen molar-refractivity contribution < 1.29 is 22.0 Å². The van der Waals surface area contributed by atoms with Crippen LogP contribution in [0, 0.1) is 0 Å². The van der Waals surface area contributed by atoms with Gasteiger partial charge in [0.25, 0.3) is 0 Å². The summed E-state index contributed by atoms with van der Waals surface area (Å²) in [7, 11) is 0. The second-order valence-electron chi connectivity index (χ2n) is 1.95. The molecule has 0 fully saturated rings. The summed E-state index contributed by atoms with van der Waals surface area (Å²) < 4.78 is 57.4. The molecule has 0 N–H and O–H groups in total. The molecule has 0 aliphatic heterocycles. The molecule has 0 amide bonds. The molecule has 0 aliphatic rings. The average Bonchev–Trinajstić information content (AvgIpc) is 1.89. The highest BCUT2D eigenvalue weighted by Gasteiger charge is 2.56. The molecule has 0 radical (unpaired) electrons. The monoisotopic (exact) mass is 192 g/mol. The molecule has 0 aromatic rings. The van der Waals surface area contributed by atoms with Crippen LogP contribution in [-0.2, 0) is 0 Å². The minimum atomic E-state index is -5.39. The van der Waals surface area contributed by atoms with Gasteiger partial charge < -0.3 is 0 Å². The normalized spacial score (nSPS) is 12.0. The van der Waals surface area contributed by atoms with Crippen LogP contribution in [0.2, 0.25) is 0 Å². The number of hydrogen-bond acceptors (Lipinski definition) is 0. The topological polar surface area (TPSA) is 0 Å². The van der Waals surface area contributed by atoms with E-state index < -0.39 is 18.5 Å². The largest absolute Gasteiger partial charge is 0.453 e. The Labute approximate surface area is 68.8 Å². The first kappa shape index (κ1) is 14.2. The highest BCUT2D eigenvalue weighted by atomic mass is 19.4. The number of hydrogen-bond donors (Lipinski definition) is 0. The van der Waals surface area contributed by atoms with Crippen molar-refractivity contribution in [2.24, 2.45) is 0 Å². The van der Waals surface area contributed by atoms with Crippen LogP contribution in [0.25, 0.3) is 0 Å². The quantitative estimate of drug-likeness (QED) is 0.580. The first-order valence-corrected chi connectivity index (χ1v) is 3.76. The van der Waals surface area contributed by atoms with Crippen LogP contribution in [0.3, 0.4) is 0 Å². The van der Waals surface area contributed by atoms with Gasteiger partial charge in [-0.25, -0.2) is 0 Å². The second-order valence-corrected chi connectivity index (χ2v) is 1.95. The van der Waals surface area contributed by atoms with Crippen molar-refractivity contribution in [2.45, 2.75) is 45.7 Å². The third-order valence-corrected chi connectivity index (χ3v) is 0.979. The summed E-state index contributed by atoms with van der Waals surface area (Å²) in [5.41, 5.74) is 0. The first-order chi connectivity index (χ1) is 5.31. The molecule has 0 aromatic heterocycles. The van der Waals surface area contributed by atoms with Crippen LogP contribution < -0.4 is 0 Å². The Hall–Kier alpha value is -0.350. The molecule has 0 saturated heterocycles. The van der Waals surface area contributed by atoms with E-state index in [1.165, 1.54) is 6.92 Å². The molecule has 5 heteroatoms. The summed E-state index contributed by atoms with van der Waals surface area (Å²) in [5, 5.41) is 0. The lowest BCUT2D eigenvalue weighted by atomic mass is 10.2. The van der Waals surface area contributed by atoms with E-state index in [-0.39, 0.29) is 6.42 Å². The van der Waals surface area contributed by atoms with E-state index in [4.69, 9.17) is 0 Å². The Morgan fingerprint density at radius 1 is 0.917 bits per heavy atom. The summed E-state index contributed by atoms with van der Waals surface area (Å²) in [5.74, 6) is -4.51. The molecule has 0 atom stereocenters. The van der Waals surface area contributed by atoms with Gasteiger partial charge in [0.1, 0.15) is 0 Å². The van der Waals surface area contributed by atoms with E-state index in [9.17, 15) is 22.0 Å². The van der Waals surface area contributed by atoms with Gasteiger partial charge in [0, 0.05) is 6.42 Å². The van der Waals surface area contributed by atoms with E-state index >= 15 is 0 Å². The van der Waals surface area contributed by atoms with Crippen molar-refractivity contribution in [1.29, 1.82) is 0 Å². The maximum Gasteiger partial charge on any atom is 0.453 e. The van der Waals surface area contributed by atoms with Gasteiger partial charge >= 0.3 is 12.1 Å². The zero-order valence-electron chi connectivity index (χ0n) is 7.30. The van der Waals surface area contributed by atoms with Crippen LogP contribution in [-0.4, -0.2) is 12.1 Å². The SMILES string of the molecule is CC.CCCC(F)(F)C(F)(F)F. The molecule has 0 nitrogen and oxygen atoms in total. The molecule has 0 saturated carbocycles. The Kier molecular flexibility index (Phi) is 6.29. The van der Waals surface area contributed by atoms with Gasteiger partial charge in [0.05, 0.1) is 0 Å². The molecule has 0 unspecified atom stereocenters. The molecule has 76 valence electrons. The Morgan fingerprint density at radius 2 is 1.25 bits per heavy atom. The van der Waals surface area contributed by atoms with Crippen molar-refractivity contribution in [2.75, 3.05) is 0 Å². The third kappa shape index (κ3) is 4.51. The number of rotatable bonds is 2. The van der Waals surface area contributed by atoms with Gasteiger partial charge in [-0.15, -0.1) is 0 Å². The minimum absolute atomic E-state index is 0.174. The van der Waals surface area contributed by atoms with Gasteiger partial charge in [-0.05, 0) is 0 Å². The lowest BCUT2D eigenvalue weighted by molar-refractivity contribution is -0.284. The zero-order valence-corrected chi connectivity index (χ0v) is 7.30. The summed E-state index contributed by atoms with van der Waals surface area (Å²) in [4.78, 5) is 0. The van der Waals surface area contributed by atoms with Crippen LogP contribution in [0.1, 0.15) is 33.6 Å². The standard InChI is InChI=1S/C5H7F5.C2H6/c1-2-3-4(6,7)5(8,9)10;1-2/h2-3H2,1H3;1-2H3. The molecular formula is C7H13F5. The van der Waals surface area contributed by atoms with Gasteiger partial charge in [0.2, 0.25) is 0 Å². The van der Waals surface area contributed by atoms with Crippen molar-refractivity contribution in [3.8, 4) is 0 Å². The molecule has 12 heavy (non-hydrogen) atoms. The Morgan fingerprint density at radius 3 is 1.33 bits per heavy atom. The predicted octanol–water partition coefficient (Wildman–Crippen LogP) is 4.01. The van der Waals surface area contributed by atoms with Crippen LogP contribution in [0.5, 0.6) is 0 Å². The average molecular weight is 192 g/mol. The molecular weight excluding hydrogens is 179 g/mol. The molecule has 0 aliphatic carbocycles. The molecule has 0 aromatic carbocycles. The fourth-order valence-corrected chi connectivity index (χ4v) is 0.456. The van der Waals surface area contributed by atoms with E-state index in [0.717, 1.165) is 0 Å². The highest BCUT2D eigenvalue weighted by Crippen LogP contribution is 2.38. The Balaban J connectivity index is 0. The van der Waals surface area contributed by atoms with Gasteiger partial charge in [0.15, 0.2) is 0 Å². The van der Waals surface area contributed by atoms with Gasteiger partial charge in [-0.1, -0.05) is 27.2 Å². The second kappa shape index (κ2) is 5.32. The molecule has 0 rings (SSSR count). The van der Waals surface area contributed by atoms with Crippen molar-refractivity contribution in [1.82, 2.24) is 0 Å². The number of halogens is 5. The summed E-state index contributed by atoms with van der Waals surface area (Å²) >= 11 is 0. The first-order valence-electron chi connectivity index (χ1n) is 3.76. The maximum atomic E-state index is 11.8. The zero-order chi connectivity index (χ0) is 10.4. The molecule has 0 heterocycles. The van der Waals surface area contributed by atoms with Crippen molar-refractivity contribution in [3.63, 3.8) is 0 Å². The van der Waals surface area contributed by atoms with Crippen molar-refractivity contribution in [3.05, 3.63) is 0 Å². The molecule has 0 bridgehead atoms. The van der Waals surface area contributed by atoms with Gasteiger partial charge in [-0.2, -0.15) is 22.0 Å². The number of alkyl halides is 5. The van der Waals surface area contributed by atoms with E-state index in [1.54, 1.807) is 0 Å². The lowest BCUT2D eigenvalue weighted by Gasteiger charge is -2.18. The summed E-state index contributed by atoms with van der Waals surface area (Å²) in [6, 6.07) is 0. The summed E-state index contributed by atoms with van der Waals surface area (Å²) in [6.07, 6.45) is -6.69. The van der Waals surface area contributed by atoms with E-state index in [1.807, 2.05) is 13.8 Å². The Bertz CT molecular complexity index is 105. The summed E-state index contributed by atoms with van der Waals surface area (Å²) in [6.45, 7) is 5.28. The third-order valence-electron chi connectivity index (χ3n) is 0.979. The minimum Gasteiger partial charge on any atom is -0.196 e. The fourth-order valence-electron chi connectivity index (χ4n) is 0.456. The van der Waals surface area contributed by atoms with E-state index in [0.29, 0.717) is 0 Å². The van der Waals surface area contributed by atoms with Crippen LogP contribution in [0.15, 0.2) is 0 Å². The van der Waals surface area contributed by atoms with Gasteiger partial charge in [-0.3, -0.25) is 0 Å². The molecule has 0 spiro atoms. The highest BCUT2D eigenvalue weighted by molar-refractivity contribution is 4.74. The smallest absolute Gasteiger partial charge is 0.196 e. The van der Waals surface area contributed by atoms with E-state index in [2.05, 4.69) is 0 Å². The fraction of sp³-hybridized carbons (Fsp3) is 1.00. The lowest BCUT2D eigenvalue weighted by Crippen LogP contribution is -2.35. The van der Waals surface area contributed by atoms with Crippen LogP contribution >= 0.6 is 0 Å². The van der Waals surface area contributed by atoms with Crippen LogP contribution in [0.4, 0.5) is 22.0 Å². The maximum absolute atomic E-state index is 11.8. The van der Waals surface area contributed by atoms with Crippen molar-refractivity contribution >= 4 is 0 Å². The predicted molar refractivity (Wildman–Crippen MR) is 37.3 cm³/mol.